The molecule has 1 N–H and O–H groups in total. The third-order valence-electron chi connectivity index (χ3n) is 3.80. The molecule has 1 aromatic heterocycles. The van der Waals surface area contributed by atoms with Gasteiger partial charge in [0.25, 0.3) is 0 Å². The average molecular weight is 313 g/mol. The van der Waals surface area contributed by atoms with Crippen molar-refractivity contribution in [2.75, 3.05) is 19.6 Å². The molecule has 0 saturated carbocycles. The zero-order chi connectivity index (χ0) is 12.5. The van der Waals surface area contributed by atoms with E-state index >= 15 is 0 Å². The molecule has 0 spiro atoms. The maximum absolute atomic E-state index is 12.3. The van der Waals surface area contributed by atoms with Crippen LogP contribution < -0.4 is 5.32 Å². The van der Waals surface area contributed by atoms with Crippen LogP contribution in [0.5, 0.6) is 0 Å². The van der Waals surface area contributed by atoms with Crippen molar-refractivity contribution in [1.82, 2.24) is 20.0 Å². The minimum absolute atomic E-state index is 0.205. The first-order valence-corrected chi connectivity index (χ1v) is 7.26. The molecule has 0 bridgehead atoms. The summed E-state index contributed by atoms with van der Waals surface area (Å²) in [4.78, 5) is 14.4. The SMILES string of the molecule is O=C1Cn2nc(Br)cc2CCN1C1CCNCC1. The van der Waals surface area contributed by atoms with Crippen LogP contribution in [0, 0.1) is 0 Å². The van der Waals surface area contributed by atoms with E-state index in [4.69, 9.17) is 0 Å². The number of hydrogen-bond donors (Lipinski definition) is 1. The fraction of sp³-hybridized carbons (Fsp3) is 0.667. The van der Waals surface area contributed by atoms with Crippen LogP contribution in [0.25, 0.3) is 0 Å². The Kier molecular flexibility index (Phi) is 3.39. The molecule has 1 amide bonds. The standard InChI is InChI=1S/C12H17BrN4O/c13-11-7-10-3-6-16(9-1-4-14-5-2-9)12(18)8-17(10)15-11/h7,9,14H,1-6,8H2. The average Bonchev–Trinajstić information content (AvgIpc) is 2.63. The predicted molar refractivity (Wildman–Crippen MR) is 71.2 cm³/mol. The molecule has 0 aliphatic carbocycles. The van der Waals surface area contributed by atoms with Crippen molar-refractivity contribution in [2.24, 2.45) is 0 Å². The lowest BCUT2D eigenvalue weighted by atomic mass is 10.0. The highest BCUT2D eigenvalue weighted by Gasteiger charge is 2.28. The first kappa shape index (κ1) is 12.2. The second kappa shape index (κ2) is 5.01. The van der Waals surface area contributed by atoms with Crippen LogP contribution in [-0.4, -0.2) is 46.3 Å². The lowest BCUT2D eigenvalue weighted by molar-refractivity contribution is -0.134. The lowest BCUT2D eigenvalue weighted by Crippen LogP contribution is -2.47. The number of nitrogens with zero attached hydrogens (tertiary/aromatic N) is 3. The molecule has 0 radical (unpaired) electrons. The van der Waals surface area contributed by atoms with Crippen LogP contribution in [0.4, 0.5) is 0 Å². The summed E-state index contributed by atoms with van der Waals surface area (Å²) in [5.74, 6) is 0.205. The van der Waals surface area contributed by atoms with E-state index in [1.807, 2.05) is 10.7 Å². The third-order valence-corrected chi connectivity index (χ3v) is 4.18. The molecule has 1 fully saturated rings. The molecule has 6 heteroatoms. The number of nitrogens with one attached hydrogen (secondary N) is 1. The van der Waals surface area contributed by atoms with Gasteiger partial charge in [0, 0.05) is 24.7 Å². The van der Waals surface area contributed by atoms with E-state index in [1.165, 1.54) is 0 Å². The van der Waals surface area contributed by atoms with E-state index < -0.39 is 0 Å². The summed E-state index contributed by atoms with van der Waals surface area (Å²) in [6.45, 7) is 3.24. The zero-order valence-electron chi connectivity index (χ0n) is 10.2. The Morgan fingerprint density at radius 3 is 2.94 bits per heavy atom. The van der Waals surface area contributed by atoms with E-state index in [-0.39, 0.29) is 5.91 Å². The Hall–Kier alpha value is -0.880. The Morgan fingerprint density at radius 2 is 2.17 bits per heavy atom. The number of piperidine rings is 1. The zero-order valence-corrected chi connectivity index (χ0v) is 11.8. The van der Waals surface area contributed by atoms with Crippen molar-refractivity contribution >= 4 is 21.8 Å². The van der Waals surface area contributed by atoms with Gasteiger partial charge in [-0.15, -0.1) is 0 Å². The summed E-state index contributed by atoms with van der Waals surface area (Å²) in [5.41, 5.74) is 1.15. The minimum Gasteiger partial charge on any atom is -0.338 e. The summed E-state index contributed by atoms with van der Waals surface area (Å²) >= 11 is 3.36. The molecule has 0 unspecified atom stereocenters. The van der Waals surface area contributed by atoms with Gasteiger partial charge in [-0.05, 0) is 47.9 Å². The minimum atomic E-state index is 0.205. The highest BCUT2D eigenvalue weighted by atomic mass is 79.9. The molecule has 18 heavy (non-hydrogen) atoms. The fourth-order valence-corrected chi connectivity index (χ4v) is 3.30. The van der Waals surface area contributed by atoms with E-state index in [0.29, 0.717) is 12.6 Å². The van der Waals surface area contributed by atoms with E-state index in [9.17, 15) is 4.79 Å². The van der Waals surface area contributed by atoms with Crippen LogP contribution >= 0.6 is 15.9 Å². The third kappa shape index (κ3) is 2.31. The second-order valence-corrected chi connectivity index (χ2v) is 5.75. The maximum atomic E-state index is 12.3. The van der Waals surface area contributed by atoms with Gasteiger partial charge in [0.15, 0.2) is 0 Å². The van der Waals surface area contributed by atoms with Crippen molar-refractivity contribution in [3.8, 4) is 0 Å². The maximum Gasteiger partial charge on any atom is 0.244 e. The van der Waals surface area contributed by atoms with Crippen LogP contribution in [-0.2, 0) is 17.8 Å². The first-order chi connectivity index (χ1) is 8.74. The molecular formula is C12H17BrN4O. The van der Waals surface area contributed by atoms with Crippen molar-refractivity contribution in [1.29, 1.82) is 0 Å². The van der Waals surface area contributed by atoms with Gasteiger partial charge in [0.1, 0.15) is 11.1 Å². The Labute approximate surface area is 115 Å². The summed E-state index contributed by atoms with van der Waals surface area (Å²) in [7, 11) is 0. The van der Waals surface area contributed by atoms with Crippen molar-refractivity contribution in [3.05, 3.63) is 16.4 Å². The molecular weight excluding hydrogens is 296 g/mol. The number of carbonyl (C=O) groups is 1. The van der Waals surface area contributed by atoms with Crippen LogP contribution in [0.3, 0.4) is 0 Å². The molecule has 0 aromatic carbocycles. The number of amides is 1. The molecule has 1 saturated heterocycles. The van der Waals surface area contributed by atoms with Gasteiger partial charge >= 0.3 is 0 Å². The van der Waals surface area contributed by atoms with E-state index in [0.717, 1.165) is 49.2 Å². The number of hydrogen-bond acceptors (Lipinski definition) is 3. The van der Waals surface area contributed by atoms with Gasteiger partial charge in [-0.1, -0.05) is 0 Å². The van der Waals surface area contributed by atoms with Gasteiger partial charge in [-0.25, -0.2) is 0 Å². The first-order valence-electron chi connectivity index (χ1n) is 6.46. The smallest absolute Gasteiger partial charge is 0.244 e. The highest BCUT2D eigenvalue weighted by molar-refractivity contribution is 9.10. The quantitative estimate of drug-likeness (QED) is 0.834. The number of carbonyl (C=O) groups excluding carboxylic acids is 1. The normalized spacial score (nSPS) is 21.8. The van der Waals surface area contributed by atoms with Gasteiger partial charge < -0.3 is 10.2 Å². The monoisotopic (exact) mass is 312 g/mol. The second-order valence-electron chi connectivity index (χ2n) is 4.93. The molecule has 2 aliphatic heterocycles. The summed E-state index contributed by atoms with van der Waals surface area (Å²) in [6, 6.07) is 2.42. The molecule has 98 valence electrons. The number of halogens is 1. The summed E-state index contributed by atoms with van der Waals surface area (Å²) in [6.07, 6.45) is 3.03. The largest absolute Gasteiger partial charge is 0.338 e. The predicted octanol–water partition coefficient (Wildman–Crippen LogP) is 0.782. The van der Waals surface area contributed by atoms with Gasteiger partial charge in [0.2, 0.25) is 5.91 Å². The van der Waals surface area contributed by atoms with Crippen molar-refractivity contribution in [3.63, 3.8) is 0 Å². The van der Waals surface area contributed by atoms with Gasteiger partial charge in [-0.2, -0.15) is 5.10 Å². The topological polar surface area (TPSA) is 50.2 Å². The molecule has 3 heterocycles. The van der Waals surface area contributed by atoms with E-state index in [1.54, 1.807) is 0 Å². The molecule has 1 aromatic rings. The van der Waals surface area contributed by atoms with E-state index in [2.05, 4.69) is 31.2 Å². The Bertz CT molecular complexity index is 453. The van der Waals surface area contributed by atoms with Crippen molar-refractivity contribution in [2.45, 2.75) is 31.8 Å². The van der Waals surface area contributed by atoms with Gasteiger partial charge in [-0.3, -0.25) is 9.48 Å². The molecule has 3 rings (SSSR count). The lowest BCUT2D eigenvalue weighted by Gasteiger charge is -2.33. The molecule has 0 atom stereocenters. The van der Waals surface area contributed by atoms with Gasteiger partial charge in [0.05, 0.1) is 0 Å². The van der Waals surface area contributed by atoms with Crippen LogP contribution in [0.15, 0.2) is 10.7 Å². The summed E-state index contributed by atoms with van der Waals surface area (Å²) in [5, 5.41) is 7.66. The Balaban J connectivity index is 1.76. The number of rotatable bonds is 1. The van der Waals surface area contributed by atoms with Crippen LogP contribution in [0.1, 0.15) is 18.5 Å². The Morgan fingerprint density at radius 1 is 1.39 bits per heavy atom. The highest BCUT2D eigenvalue weighted by Crippen LogP contribution is 2.19. The molecule has 2 aliphatic rings. The number of fused-ring (bicyclic) bond motifs is 1. The van der Waals surface area contributed by atoms with Crippen LogP contribution in [0.2, 0.25) is 0 Å². The van der Waals surface area contributed by atoms with Crippen molar-refractivity contribution < 1.29 is 4.79 Å². The number of aromatic nitrogens is 2. The summed E-state index contributed by atoms with van der Waals surface area (Å²) < 4.78 is 2.65. The molecule has 5 nitrogen and oxygen atoms in total. The fourth-order valence-electron chi connectivity index (χ4n) is 2.84.